The number of hydrogen-bond acceptors (Lipinski definition) is 4. The standard InChI is InChI=1S/C34H33ClFN5O3/c1-23-6-4-7-26(20-23)39-34(44)41-17-5-16-40(18-19-41)31-15-14-27(38-33(43)28-8-2-3-9-30(28)35)21-29(31)32(42)37-22-24-10-12-25(36)13-11-24/h2-4,6-15,20-21H,5,16-19,22H2,1H3,(H,37,42)(H,38,43)(H,39,44). The van der Waals surface area contributed by atoms with Crippen LogP contribution in [0.4, 0.5) is 26.2 Å². The van der Waals surface area contributed by atoms with Gasteiger partial charge in [-0.1, -0.05) is 48.0 Å². The van der Waals surface area contributed by atoms with Crippen molar-refractivity contribution in [2.75, 3.05) is 41.7 Å². The molecule has 0 aliphatic carbocycles. The van der Waals surface area contributed by atoms with Gasteiger partial charge in [0.2, 0.25) is 0 Å². The fourth-order valence-corrected chi connectivity index (χ4v) is 5.30. The average molecular weight is 614 g/mol. The molecule has 10 heteroatoms. The van der Waals surface area contributed by atoms with Gasteiger partial charge in [-0.05, 0) is 79.1 Å². The zero-order valence-corrected chi connectivity index (χ0v) is 25.0. The first-order chi connectivity index (χ1) is 21.3. The van der Waals surface area contributed by atoms with Crippen LogP contribution in [-0.4, -0.2) is 48.9 Å². The Labute approximate surface area is 260 Å². The number of urea groups is 1. The predicted octanol–water partition coefficient (Wildman–Crippen LogP) is 6.71. The lowest BCUT2D eigenvalue weighted by Gasteiger charge is -2.26. The third-order valence-corrected chi connectivity index (χ3v) is 7.71. The van der Waals surface area contributed by atoms with Crippen molar-refractivity contribution in [1.82, 2.24) is 10.2 Å². The van der Waals surface area contributed by atoms with Gasteiger partial charge < -0.3 is 25.8 Å². The predicted molar refractivity (Wildman–Crippen MR) is 172 cm³/mol. The number of rotatable bonds is 7. The number of aryl methyl sites for hydroxylation is 1. The maximum Gasteiger partial charge on any atom is 0.321 e. The molecule has 0 unspecified atom stereocenters. The van der Waals surface area contributed by atoms with Crippen LogP contribution < -0.4 is 20.9 Å². The first kappa shape index (κ1) is 30.6. The van der Waals surface area contributed by atoms with Crippen molar-refractivity contribution < 1.29 is 18.8 Å². The normalized spacial score (nSPS) is 13.2. The van der Waals surface area contributed by atoms with Crippen LogP contribution in [0.3, 0.4) is 0 Å². The summed E-state index contributed by atoms with van der Waals surface area (Å²) in [6.07, 6.45) is 0.697. The molecule has 0 radical (unpaired) electrons. The van der Waals surface area contributed by atoms with Crippen molar-refractivity contribution in [2.24, 2.45) is 0 Å². The van der Waals surface area contributed by atoms with Crippen LogP contribution in [0.15, 0.2) is 91.0 Å². The van der Waals surface area contributed by atoms with Crippen molar-refractivity contribution in [3.8, 4) is 0 Å². The van der Waals surface area contributed by atoms with Gasteiger partial charge in [0.25, 0.3) is 11.8 Å². The number of carbonyl (C=O) groups excluding carboxylic acids is 3. The number of amides is 4. The molecule has 44 heavy (non-hydrogen) atoms. The van der Waals surface area contributed by atoms with Gasteiger partial charge in [-0.15, -0.1) is 0 Å². The van der Waals surface area contributed by atoms with Crippen LogP contribution in [0.2, 0.25) is 5.02 Å². The summed E-state index contributed by atoms with van der Waals surface area (Å²) in [6.45, 7) is 4.32. The second-order valence-electron chi connectivity index (χ2n) is 10.6. The van der Waals surface area contributed by atoms with E-state index in [-0.39, 0.29) is 24.3 Å². The SMILES string of the molecule is Cc1cccc(NC(=O)N2CCCN(c3ccc(NC(=O)c4ccccc4Cl)cc3C(=O)NCc3ccc(F)cc3)CC2)c1. The van der Waals surface area contributed by atoms with E-state index in [1.165, 1.54) is 12.1 Å². The van der Waals surface area contributed by atoms with Gasteiger partial charge in [0.1, 0.15) is 5.82 Å². The summed E-state index contributed by atoms with van der Waals surface area (Å²) >= 11 is 6.22. The second kappa shape index (κ2) is 14.1. The van der Waals surface area contributed by atoms with E-state index in [1.807, 2.05) is 31.2 Å². The lowest BCUT2D eigenvalue weighted by Crippen LogP contribution is -2.38. The molecule has 0 aromatic heterocycles. The Morgan fingerprint density at radius 2 is 1.55 bits per heavy atom. The second-order valence-corrected chi connectivity index (χ2v) is 11.0. The summed E-state index contributed by atoms with van der Waals surface area (Å²) in [5, 5.41) is 9.05. The molecule has 4 amide bonds. The van der Waals surface area contributed by atoms with Crippen LogP contribution in [0.5, 0.6) is 0 Å². The van der Waals surface area contributed by atoms with E-state index in [0.717, 1.165) is 16.8 Å². The lowest BCUT2D eigenvalue weighted by molar-refractivity contribution is 0.0950. The largest absolute Gasteiger partial charge is 0.369 e. The molecule has 0 atom stereocenters. The first-order valence-corrected chi connectivity index (χ1v) is 14.7. The number of nitrogens with one attached hydrogen (secondary N) is 3. The van der Waals surface area contributed by atoms with E-state index in [0.29, 0.717) is 60.1 Å². The molecule has 3 N–H and O–H groups in total. The van der Waals surface area contributed by atoms with Crippen molar-refractivity contribution in [3.05, 3.63) is 124 Å². The fourth-order valence-electron chi connectivity index (χ4n) is 5.08. The topological polar surface area (TPSA) is 93.8 Å². The minimum absolute atomic E-state index is 0.174. The van der Waals surface area contributed by atoms with Gasteiger partial charge in [-0.25, -0.2) is 9.18 Å². The Balaban J connectivity index is 1.34. The van der Waals surface area contributed by atoms with E-state index in [9.17, 15) is 18.8 Å². The summed E-state index contributed by atoms with van der Waals surface area (Å²) in [7, 11) is 0. The molecule has 0 bridgehead atoms. The smallest absolute Gasteiger partial charge is 0.321 e. The highest BCUT2D eigenvalue weighted by Gasteiger charge is 2.23. The molecule has 1 aliphatic heterocycles. The number of anilines is 3. The van der Waals surface area contributed by atoms with E-state index < -0.39 is 5.91 Å². The number of carbonyl (C=O) groups is 3. The van der Waals surface area contributed by atoms with E-state index in [1.54, 1.807) is 59.5 Å². The number of nitrogens with zero attached hydrogens (tertiary/aromatic N) is 2. The fraction of sp³-hybridized carbons (Fsp3) is 0.206. The van der Waals surface area contributed by atoms with Gasteiger partial charge in [0, 0.05) is 49.8 Å². The highest BCUT2D eigenvalue weighted by atomic mass is 35.5. The number of halogens is 2. The third kappa shape index (κ3) is 7.73. The van der Waals surface area contributed by atoms with E-state index in [2.05, 4.69) is 20.9 Å². The Kier molecular flexibility index (Phi) is 9.76. The van der Waals surface area contributed by atoms with Crippen LogP contribution in [0, 0.1) is 12.7 Å². The molecule has 1 saturated heterocycles. The third-order valence-electron chi connectivity index (χ3n) is 7.38. The van der Waals surface area contributed by atoms with Crippen LogP contribution in [-0.2, 0) is 6.54 Å². The summed E-state index contributed by atoms with van der Waals surface area (Å²) < 4.78 is 13.4. The molecule has 0 spiro atoms. The molecule has 1 aliphatic rings. The Morgan fingerprint density at radius 3 is 2.32 bits per heavy atom. The van der Waals surface area contributed by atoms with Crippen molar-refractivity contribution in [3.63, 3.8) is 0 Å². The molecule has 226 valence electrons. The summed E-state index contributed by atoms with van der Waals surface area (Å²) in [6, 6.07) is 25.3. The molecule has 4 aromatic carbocycles. The van der Waals surface area contributed by atoms with Crippen LogP contribution >= 0.6 is 11.6 Å². The van der Waals surface area contributed by atoms with Gasteiger partial charge in [0.15, 0.2) is 0 Å². The molecule has 5 rings (SSSR count). The highest BCUT2D eigenvalue weighted by Crippen LogP contribution is 2.27. The van der Waals surface area contributed by atoms with Gasteiger partial charge in [-0.3, -0.25) is 9.59 Å². The quantitative estimate of drug-likeness (QED) is 0.216. The van der Waals surface area contributed by atoms with E-state index in [4.69, 9.17) is 11.6 Å². The molecule has 8 nitrogen and oxygen atoms in total. The molecular formula is C34H33ClFN5O3. The molecule has 4 aromatic rings. The monoisotopic (exact) mass is 613 g/mol. The van der Waals surface area contributed by atoms with Crippen LogP contribution in [0.1, 0.15) is 38.3 Å². The maximum atomic E-state index is 13.6. The Morgan fingerprint density at radius 1 is 0.773 bits per heavy atom. The highest BCUT2D eigenvalue weighted by molar-refractivity contribution is 6.34. The summed E-state index contributed by atoms with van der Waals surface area (Å²) in [5.41, 5.74) is 4.33. The molecule has 1 heterocycles. The average Bonchev–Trinajstić information content (AvgIpc) is 3.27. The van der Waals surface area contributed by atoms with Crippen molar-refractivity contribution >= 4 is 46.5 Å². The molecular weight excluding hydrogens is 581 g/mol. The summed E-state index contributed by atoms with van der Waals surface area (Å²) in [5.74, 6) is -1.10. The number of hydrogen-bond donors (Lipinski definition) is 3. The number of benzene rings is 4. The van der Waals surface area contributed by atoms with Gasteiger partial charge >= 0.3 is 6.03 Å². The first-order valence-electron chi connectivity index (χ1n) is 14.4. The minimum atomic E-state index is -0.397. The Bertz CT molecular complexity index is 1660. The lowest BCUT2D eigenvalue weighted by atomic mass is 10.1. The van der Waals surface area contributed by atoms with Crippen molar-refractivity contribution in [2.45, 2.75) is 19.9 Å². The zero-order chi connectivity index (χ0) is 31.1. The summed E-state index contributed by atoms with van der Waals surface area (Å²) in [4.78, 5) is 43.4. The minimum Gasteiger partial charge on any atom is -0.369 e. The van der Waals surface area contributed by atoms with Gasteiger partial charge in [0.05, 0.1) is 16.1 Å². The zero-order valence-electron chi connectivity index (χ0n) is 24.3. The Hall–Kier alpha value is -4.89. The van der Waals surface area contributed by atoms with Crippen LogP contribution in [0.25, 0.3) is 0 Å². The van der Waals surface area contributed by atoms with Gasteiger partial charge in [-0.2, -0.15) is 0 Å². The molecule has 1 fully saturated rings. The van der Waals surface area contributed by atoms with E-state index >= 15 is 0 Å². The maximum absolute atomic E-state index is 13.6. The van der Waals surface area contributed by atoms with Crippen molar-refractivity contribution in [1.29, 1.82) is 0 Å². The molecule has 0 saturated carbocycles.